The number of aromatic nitrogens is 6. The Morgan fingerprint density at radius 2 is 2.14 bits per heavy atom. The maximum absolute atomic E-state index is 12.4. The third kappa shape index (κ3) is 2.93. The van der Waals surface area contributed by atoms with Crippen LogP contribution < -0.4 is 10.1 Å². The molecular weight excluding hydrogens is 372 g/mol. The van der Waals surface area contributed by atoms with Crippen LogP contribution >= 0.6 is 0 Å². The van der Waals surface area contributed by atoms with Crippen LogP contribution in [-0.2, 0) is 4.79 Å². The van der Waals surface area contributed by atoms with Gasteiger partial charge in [0.05, 0.1) is 7.11 Å². The number of likely N-dealkylation sites (N-methyl/N-ethyl adjacent to an activating group) is 1. The summed E-state index contributed by atoms with van der Waals surface area (Å²) in [7, 11) is 3.38. The predicted molar refractivity (Wildman–Crippen MR) is 106 cm³/mol. The fourth-order valence-electron chi connectivity index (χ4n) is 3.73. The van der Waals surface area contributed by atoms with Gasteiger partial charge in [0.1, 0.15) is 17.9 Å². The largest absolute Gasteiger partial charge is 0.479 e. The Bertz CT molecular complexity index is 1210. The number of methoxy groups -OCH3 is 1. The number of fused-ring (bicyclic) bond motifs is 2. The van der Waals surface area contributed by atoms with Crippen molar-refractivity contribution in [1.82, 2.24) is 34.1 Å². The highest BCUT2D eigenvalue weighted by Gasteiger charge is 2.27. The monoisotopic (exact) mass is 392 g/mol. The molecule has 5 rings (SSSR count). The zero-order valence-electron chi connectivity index (χ0n) is 16.1. The Morgan fingerprint density at radius 3 is 3.00 bits per heavy atom. The molecule has 148 valence electrons. The van der Waals surface area contributed by atoms with Gasteiger partial charge in [0.15, 0.2) is 5.65 Å². The lowest BCUT2D eigenvalue weighted by Crippen LogP contribution is -2.45. The average molecular weight is 392 g/mol. The van der Waals surface area contributed by atoms with Crippen molar-refractivity contribution in [1.29, 1.82) is 0 Å². The summed E-state index contributed by atoms with van der Waals surface area (Å²) in [5.41, 5.74) is 3.37. The zero-order chi connectivity index (χ0) is 20.0. The second-order valence-corrected chi connectivity index (χ2v) is 7.05. The van der Waals surface area contributed by atoms with Gasteiger partial charge in [-0.3, -0.25) is 4.79 Å². The van der Waals surface area contributed by atoms with Gasteiger partial charge < -0.3 is 15.0 Å². The molecule has 5 heterocycles. The van der Waals surface area contributed by atoms with Crippen molar-refractivity contribution in [3.8, 4) is 17.0 Å². The van der Waals surface area contributed by atoms with Crippen LogP contribution in [0.3, 0.4) is 0 Å². The molecular formula is C19H20N8O2. The molecule has 1 aliphatic heterocycles. The lowest BCUT2D eigenvalue weighted by Gasteiger charge is -2.29. The lowest BCUT2D eigenvalue weighted by atomic mass is 10.1. The Kier molecular flexibility index (Phi) is 4.04. The van der Waals surface area contributed by atoms with Crippen molar-refractivity contribution in [2.45, 2.75) is 18.9 Å². The zero-order valence-corrected chi connectivity index (χ0v) is 16.1. The van der Waals surface area contributed by atoms with E-state index in [0.29, 0.717) is 11.8 Å². The summed E-state index contributed by atoms with van der Waals surface area (Å²) >= 11 is 0. The van der Waals surface area contributed by atoms with Crippen molar-refractivity contribution < 1.29 is 9.53 Å². The van der Waals surface area contributed by atoms with E-state index in [1.54, 1.807) is 21.0 Å². The van der Waals surface area contributed by atoms with E-state index in [-0.39, 0.29) is 11.9 Å². The highest BCUT2D eigenvalue weighted by atomic mass is 16.5. The normalized spacial score (nSPS) is 17.2. The molecule has 1 atom stereocenters. The highest BCUT2D eigenvalue weighted by molar-refractivity contribution is 5.86. The summed E-state index contributed by atoms with van der Waals surface area (Å²) in [6.07, 6.45) is 6.96. The van der Waals surface area contributed by atoms with Crippen molar-refractivity contribution >= 4 is 23.0 Å². The minimum absolute atomic E-state index is 0.0493. The van der Waals surface area contributed by atoms with Crippen LogP contribution in [0.25, 0.3) is 22.3 Å². The van der Waals surface area contributed by atoms with Crippen molar-refractivity contribution in [3.05, 3.63) is 36.9 Å². The molecule has 4 aromatic heterocycles. The number of rotatable bonds is 4. The Hall–Kier alpha value is -3.69. The molecule has 29 heavy (non-hydrogen) atoms. The van der Waals surface area contributed by atoms with Crippen LogP contribution in [0.5, 0.6) is 5.88 Å². The van der Waals surface area contributed by atoms with Crippen molar-refractivity contribution in [2.75, 3.05) is 26.0 Å². The topological polar surface area (TPSA) is 102 Å². The van der Waals surface area contributed by atoms with E-state index < -0.39 is 0 Å². The maximum atomic E-state index is 12.4. The molecule has 1 fully saturated rings. The van der Waals surface area contributed by atoms with Gasteiger partial charge in [-0.05, 0) is 31.0 Å². The number of pyridine rings is 1. The van der Waals surface area contributed by atoms with E-state index >= 15 is 0 Å². The van der Waals surface area contributed by atoms with Gasteiger partial charge in [-0.1, -0.05) is 0 Å². The standard InChI is InChI=1S/C19H20N8O2/c1-25-8-3-4-14(18(25)28)22-19-23-17(29-2)16-13(7-9-26(16)24-19)12-5-6-15-20-11-21-27(15)10-12/h5-7,9-11,14H,3-4,8H2,1-2H3,(H,22,24)/t14-/m1/s1. The fourth-order valence-corrected chi connectivity index (χ4v) is 3.73. The molecule has 1 aliphatic rings. The van der Waals surface area contributed by atoms with Gasteiger partial charge in [0.25, 0.3) is 0 Å². The quantitative estimate of drug-likeness (QED) is 0.561. The molecule has 10 nitrogen and oxygen atoms in total. The number of piperidine rings is 1. The summed E-state index contributed by atoms with van der Waals surface area (Å²) in [6, 6.07) is 5.50. The van der Waals surface area contributed by atoms with E-state index in [0.717, 1.165) is 41.7 Å². The van der Waals surface area contributed by atoms with Crippen LogP contribution in [0.15, 0.2) is 36.9 Å². The Balaban J connectivity index is 1.54. The Labute approximate surface area is 166 Å². The number of ether oxygens (including phenoxy) is 1. The van der Waals surface area contributed by atoms with Crippen LogP contribution in [0.4, 0.5) is 5.95 Å². The van der Waals surface area contributed by atoms with Gasteiger partial charge in [-0.2, -0.15) is 10.1 Å². The SMILES string of the molecule is COc1nc(N[C@@H]2CCCN(C)C2=O)nn2ccc(-c3ccc4ncnn4c3)c12. The minimum Gasteiger partial charge on any atom is -0.479 e. The van der Waals surface area contributed by atoms with Crippen molar-refractivity contribution in [2.24, 2.45) is 0 Å². The third-order valence-corrected chi connectivity index (χ3v) is 5.22. The number of carbonyl (C=O) groups excluding carboxylic acids is 1. The van der Waals surface area contributed by atoms with Crippen LogP contribution in [0.1, 0.15) is 12.8 Å². The number of amides is 1. The number of anilines is 1. The van der Waals surface area contributed by atoms with Crippen LogP contribution in [-0.4, -0.2) is 66.7 Å². The number of nitrogens with zero attached hydrogens (tertiary/aromatic N) is 7. The molecule has 0 spiro atoms. The Morgan fingerprint density at radius 1 is 1.24 bits per heavy atom. The number of hydrogen-bond acceptors (Lipinski definition) is 7. The first-order valence-corrected chi connectivity index (χ1v) is 9.38. The number of nitrogens with one attached hydrogen (secondary N) is 1. The first kappa shape index (κ1) is 17.4. The molecule has 0 saturated carbocycles. The van der Waals surface area contributed by atoms with Gasteiger partial charge >= 0.3 is 0 Å². The van der Waals surface area contributed by atoms with Gasteiger partial charge in [-0.25, -0.2) is 14.0 Å². The molecule has 1 amide bonds. The van der Waals surface area contributed by atoms with Gasteiger partial charge in [0.2, 0.25) is 17.7 Å². The highest BCUT2D eigenvalue weighted by Crippen LogP contribution is 2.31. The van der Waals surface area contributed by atoms with E-state index in [1.165, 1.54) is 6.33 Å². The van der Waals surface area contributed by atoms with Gasteiger partial charge in [0, 0.05) is 37.1 Å². The maximum Gasteiger partial charge on any atom is 0.244 e. The van der Waals surface area contributed by atoms with Gasteiger partial charge in [-0.15, -0.1) is 5.10 Å². The second-order valence-electron chi connectivity index (χ2n) is 7.05. The lowest BCUT2D eigenvalue weighted by molar-refractivity contribution is -0.132. The first-order chi connectivity index (χ1) is 14.1. The molecule has 4 aromatic rings. The fraction of sp³-hybridized carbons (Fsp3) is 0.316. The third-order valence-electron chi connectivity index (χ3n) is 5.22. The minimum atomic E-state index is -0.333. The molecule has 0 aromatic carbocycles. The van der Waals surface area contributed by atoms with Crippen LogP contribution in [0.2, 0.25) is 0 Å². The number of carbonyl (C=O) groups is 1. The molecule has 0 radical (unpaired) electrons. The van der Waals surface area contributed by atoms with E-state index in [9.17, 15) is 4.79 Å². The predicted octanol–water partition coefficient (Wildman–Crippen LogP) is 1.48. The smallest absolute Gasteiger partial charge is 0.244 e. The summed E-state index contributed by atoms with van der Waals surface area (Å²) in [5.74, 6) is 0.836. The van der Waals surface area contributed by atoms with E-state index in [2.05, 4.69) is 25.5 Å². The second kappa shape index (κ2) is 6.73. The average Bonchev–Trinajstić information content (AvgIpc) is 3.37. The molecule has 1 N–H and O–H groups in total. The first-order valence-electron chi connectivity index (χ1n) is 9.38. The summed E-state index contributed by atoms with van der Waals surface area (Å²) in [6.45, 7) is 0.775. The number of likely N-dealkylation sites (tertiary alicyclic amines) is 1. The van der Waals surface area contributed by atoms with Crippen molar-refractivity contribution in [3.63, 3.8) is 0 Å². The molecule has 1 saturated heterocycles. The van der Waals surface area contributed by atoms with E-state index in [4.69, 9.17) is 4.74 Å². The summed E-state index contributed by atoms with van der Waals surface area (Å²) in [4.78, 5) is 22.8. The number of hydrogen-bond donors (Lipinski definition) is 1. The molecule has 0 unspecified atom stereocenters. The molecule has 0 bridgehead atoms. The van der Waals surface area contributed by atoms with E-state index in [1.807, 2.05) is 37.6 Å². The molecule has 10 heteroatoms. The molecule has 0 aliphatic carbocycles. The summed E-state index contributed by atoms with van der Waals surface area (Å²) in [5, 5.41) is 11.9. The summed E-state index contributed by atoms with van der Waals surface area (Å²) < 4.78 is 8.99. The van der Waals surface area contributed by atoms with Crippen LogP contribution in [0, 0.1) is 0 Å².